The van der Waals surface area contributed by atoms with Crippen LogP contribution in [0.25, 0.3) is 10.2 Å². The Labute approximate surface area is 112 Å². The Kier molecular flexibility index (Phi) is 4.32. The van der Waals surface area contributed by atoms with Crippen molar-refractivity contribution in [2.24, 2.45) is 0 Å². The van der Waals surface area contributed by atoms with Crippen molar-refractivity contribution in [2.45, 2.75) is 32.4 Å². The number of nitrogens with zero attached hydrogens (tertiary/aromatic N) is 1. The van der Waals surface area contributed by atoms with Crippen LogP contribution >= 0.6 is 11.3 Å². The molecule has 1 aromatic heterocycles. The highest BCUT2D eigenvalue weighted by molar-refractivity contribution is 7.18. The second kappa shape index (κ2) is 5.78. The zero-order chi connectivity index (χ0) is 13.0. The van der Waals surface area contributed by atoms with Crippen molar-refractivity contribution in [1.29, 1.82) is 0 Å². The first-order chi connectivity index (χ1) is 8.61. The molecule has 0 saturated carbocycles. The van der Waals surface area contributed by atoms with Gasteiger partial charge in [-0.15, -0.1) is 11.3 Å². The summed E-state index contributed by atoms with van der Waals surface area (Å²) in [5, 5.41) is 4.57. The van der Waals surface area contributed by atoms with E-state index >= 15 is 0 Å². The molecule has 4 heteroatoms. The molecule has 1 heterocycles. The van der Waals surface area contributed by atoms with Crippen LogP contribution in [0.3, 0.4) is 0 Å². The predicted octanol–water partition coefficient (Wildman–Crippen LogP) is 3.20. The molecular formula is C14H20N2OS. The van der Waals surface area contributed by atoms with Crippen LogP contribution in [0.5, 0.6) is 0 Å². The fourth-order valence-corrected chi connectivity index (χ4v) is 2.62. The summed E-state index contributed by atoms with van der Waals surface area (Å²) in [7, 11) is 1.76. The van der Waals surface area contributed by atoms with Gasteiger partial charge in [0.25, 0.3) is 0 Å². The third kappa shape index (κ3) is 3.51. The van der Waals surface area contributed by atoms with Crippen molar-refractivity contribution in [2.75, 3.05) is 13.7 Å². The molecule has 0 amide bonds. The molecule has 0 saturated heterocycles. The number of rotatable bonds is 6. The topological polar surface area (TPSA) is 34.1 Å². The van der Waals surface area contributed by atoms with Crippen LogP contribution in [0, 0.1) is 0 Å². The first kappa shape index (κ1) is 13.5. The van der Waals surface area contributed by atoms with E-state index in [2.05, 4.69) is 42.3 Å². The van der Waals surface area contributed by atoms with Crippen molar-refractivity contribution in [3.63, 3.8) is 0 Å². The van der Waals surface area contributed by atoms with E-state index in [1.54, 1.807) is 18.4 Å². The first-order valence-corrected chi connectivity index (χ1v) is 7.03. The van der Waals surface area contributed by atoms with Gasteiger partial charge in [0.15, 0.2) is 0 Å². The molecule has 0 radical (unpaired) electrons. The quantitative estimate of drug-likeness (QED) is 0.814. The minimum atomic E-state index is -0.0550. The molecule has 2 aromatic rings. The first-order valence-electron chi connectivity index (χ1n) is 6.21. The maximum absolute atomic E-state index is 5.38. The number of methoxy groups -OCH3 is 1. The fourth-order valence-electron chi connectivity index (χ4n) is 1.68. The van der Waals surface area contributed by atoms with Crippen LogP contribution in [0.15, 0.2) is 24.3 Å². The number of thiazole rings is 1. The van der Waals surface area contributed by atoms with Gasteiger partial charge in [-0.3, -0.25) is 0 Å². The van der Waals surface area contributed by atoms with Crippen molar-refractivity contribution in [3.05, 3.63) is 29.3 Å². The number of ether oxygens (including phenoxy) is 1. The van der Waals surface area contributed by atoms with Crippen LogP contribution < -0.4 is 5.32 Å². The molecule has 0 fully saturated rings. The smallest absolute Gasteiger partial charge is 0.108 e. The van der Waals surface area contributed by atoms with E-state index in [9.17, 15) is 0 Å². The SMILES string of the molecule is COC(C)(C)CCNCc1nc2ccccc2s1. The Morgan fingerprint density at radius 2 is 2.11 bits per heavy atom. The van der Waals surface area contributed by atoms with E-state index in [0.29, 0.717) is 0 Å². The Balaban J connectivity index is 1.83. The zero-order valence-corrected chi connectivity index (χ0v) is 12.0. The molecule has 0 bridgehead atoms. The Bertz CT molecular complexity index is 474. The third-order valence-corrected chi connectivity index (χ3v) is 4.11. The van der Waals surface area contributed by atoms with Crippen LogP contribution in [-0.4, -0.2) is 24.2 Å². The van der Waals surface area contributed by atoms with E-state index in [-0.39, 0.29) is 5.60 Å². The fraction of sp³-hybridized carbons (Fsp3) is 0.500. The maximum Gasteiger partial charge on any atom is 0.108 e. The molecule has 1 N–H and O–H groups in total. The third-order valence-electron chi connectivity index (χ3n) is 3.07. The number of aromatic nitrogens is 1. The molecule has 0 spiro atoms. The summed E-state index contributed by atoms with van der Waals surface area (Å²) >= 11 is 1.76. The van der Waals surface area contributed by atoms with Gasteiger partial charge in [0.2, 0.25) is 0 Å². The van der Waals surface area contributed by atoms with Crippen molar-refractivity contribution >= 4 is 21.6 Å². The summed E-state index contributed by atoms with van der Waals surface area (Å²) in [6, 6.07) is 8.26. The molecule has 3 nitrogen and oxygen atoms in total. The lowest BCUT2D eigenvalue weighted by Gasteiger charge is -2.22. The molecule has 18 heavy (non-hydrogen) atoms. The van der Waals surface area contributed by atoms with Gasteiger partial charge in [0.05, 0.1) is 15.8 Å². The number of hydrogen-bond donors (Lipinski definition) is 1. The molecule has 98 valence electrons. The van der Waals surface area contributed by atoms with Crippen LogP contribution in [0.1, 0.15) is 25.3 Å². The minimum Gasteiger partial charge on any atom is -0.379 e. The zero-order valence-electron chi connectivity index (χ0n) is 11.2. The number of para-hydroxylation sites is 1. The van der Waals surface area contributed by atoms with Gasteiger partial charge in [-0.25, -0.2) is 4.98 Å². The lowest BCUT2D eigenvalue weighted by atomic mass is 10.1. The largest absolute Gasteiger partial charge is 0.379 e. The van der Waals surface area contributed by atoms with Gasteiger partial charge in [-0.05, 0) is 38.9 Å². The van der Waals surface area contributed by atoms with Crippen molar-refractivity contribution < 1.29 is 4.74 Å². The summed E-state index contributed by atoms with van der Waals surface area (Å²) < 4.78 is 6.64. The monoisotopic (exact) mass is 264 g/mol. The second-order valence-electron chi connectivity index (χ2n) is 4.97. The summed E-state index contributed by atoms with van der Waals surface area (Å²) in [4.78, 5) is 4.59. The predicted molar refractivity (Wildman–Crippen MR) is 77.0 cm³/mol. The standard InChI is InChI=1S/C14H20N2OS/c1-14(2,17-3)8-9-15-10-13-16-11-6-4-5-7-12(11)18-13/h4-7,15H,8-10H2,1-3H3. The molecule has 0 unspecified atom stereocenters. The molecule has 0 aliphatic rings. The van der Waals surface area contributed by atoms with Gasteiger partial charge in [-0.2, -0.15) is 0 Å². The van der Waals surface area contributed by atoms with E-state index in [4.69, 9.17) is 4.74 Å². The molecule has 0 aliphatic heterocycles. The number of benzene rings is 1. The average Bonchev–Trinajstić information content (AvgIpc) is 2.77. The van der Waals surface area contributed by atoms with Crippen molar-refractivity contribution in [3.8, 4) is 0 Å². The van der Waals surface area contributed by atoms with Crippen molar-refractivity contribution in [1.82, 2.24) is 10.3 Å². The lowest BCUT2D eigenvalue weighted by Crippen LogP contribution is -2.28. The Morgan fingerprint density at radius 1 is 1.33 bits per heavy atom. The van der Waals surface area contributed by atoms with Gasteiger partial charge in [0, 0.05) is 13.7 Å². The highest BCUT2D eigenvalue weighted by Gasteiger charge is 2.15. The summed E-state index contributed by atoms with van der Waals surface area (Å²) in [6.45, 7) is 5.98. The lowest BCUT2D eigenvalue weighted by molar-refractivity contribution is 0.0158. The van der Waals surface area contributed by atoms with E-state index in [0.717, 1.165) is 30.0 Å². The molecule has 1 aromatic carbocycles. The summed E-state index contributed by atoms with van der Waals surface area (Å²) in [5.74, 6) is 0. The maximum atomic E-state index is 5.38. The van der Waals surface area contributed by atoms with Gasteiger partial charge in [-0.1, -0.05) is 12.1 Å². The molecule has 2 rings (SSSR count). The Morgan fingerprint density at radius 3 is 2.83 bits per heavy atom. The highest BCUT2D eigenvalue weighted by atomic mass is 32.1. The normalized spacial score (nSPS) is 12.2. The number of fused-ring (bicyclic) bond motifs is 1. The van der Waals surface area contributed by atoms with Crippen LogP contribution in [-0.2, 0) is 11.3 Å². The summed E-state index contributed by atoms with van der Waals surface area (Å²) in [6.07, 6.45) is 0.994. The Hall–Kier alpha value is -0.970. The second-order valence-corrected chi connectivity index (χ2v) is 6.08. The van der Waals surface area contributed by atoms with Gasteiger partial charge in [0.1, 0.15) is 5.01 Å². The van der Waals surface area contributed by atoms with E-state index < -0.39 is 0 Å². The van der Waals surface area contributed by atoms with Crippen LogP contribution in [0.4, 0.5) is 0 Å². The average molecular weight is 264 g/mol. The highest BCUT2D eigenvalue weighted by Crippen LogP contribution is 2.21. The molecular weight excluding hydrogens is 244 g/mol. The van der Waals surface area contributed by atoms with Crippen LogP contribution in [0.2, 0.25) is 0 Å². The number of hydrogen-bond acceptors (Lipinski definition) is 4. The number of nitrogens with one attached hydrogen (secondary N) is 1. The molecule has 0 atom stereocenters. The van der Waals surface area contributed by atoms with E-state index in [1.807, 2.05) is 6.07 Å². The van der Waals surface area contributed by atoms with Gasteiger partial charge < -0.3 is 10.1 Å². The van der Waals surface area contributed by atoms with E-state index in [1.165, 1.54) is 4.70 Å². The minimum absolute atomic E-state index is 0.0550. The molecule has 0 aliphatic carbocycles. The van der Waals surface area contributed by atoms with Gasteiger partial charge >= 0.3 is 0 Å². The summed E-state index contributed by atoms with van der Waals surface area (Å²) in [5.41, 5.74) is 1.04.